The topological polar surface area (TPSA) is 80.6 Å². The number of benzene rings is 2. The average molecular weight is 616 g/mol. The van der Waals surface area contributed by atoms with E-state index in [0.717, 1.165) is 85.1 Å². The minimum Gasteiger partial charge on any atom is -0.497 e. The minimum absolute atomic E-state index is 0.395. The third-order valence-corrected chi connectivity index (χ3v) is 9.81. The molecule has 0 amide bonds. The normalized spacial score (nSPS) is 15.3. The Hall–Kier alpha value is -3.70. The van der Waals surface area contributed by atoms with E-state index < -0.39 is 0 Å². The van der Waals surface area contributed by atoms with Crippen molar-refractivity contribution in [2.75, 3.05) is 52.2 Å². The Balaban J connectivity index is 1.08. The molecule has 0 spiro atoms. The first-order valence-corrected chi connectivity index (χ1v) is 15.8. The van der Waals surface area contributed by atoms with Gasteiger partial charge in [0.1, 0.15) is 35.1 Å². The Morgan fingerprint density at radius 3 is 2.74 bits per heavy atom. The summed E-state index contributed by atoms with van der Waals surface area (Å²) in [5.41, 5.74) is 5.69. The minimum atomic E-state index is 0.395. The second kappa shape index (κ2) is 12.1. The quantitative estimate of drug-likeness (QED) is 0.220. The maximum atomic E-state index is 6.64. The molecular formula is C32H34ClN7O2S. The van der Waals surface area contributed by atoms with Crippen LogP contribution in [-0.2, 0) is 26.0 Å². The van der Waals surface area contributed by atoms with Crippen molar-refractivity contribution in [2.45, 2.75) is 26.0 Å². The first-order chi connectivity index (χ1) is 21.1. The summed E-state index contributed by atoms with van der Waals surface area (Å²) in [6.07, 6.45) is 5.55. The number of nitrogens with one attached hydrogen (secondary N) is 1. The Bertz CT molecular complexity index is 1760. The number of piperazine rings is 1. The maximum absolute atomic E-state index is 6.64. The molecule has 0 bridgehead atoms. The van der Waals surface area contributed by atoms with E-state index in [1.807, 2.05) is 48.7 Å². The van der Waals surface area contributed by atoms with E-state index in [4.69, 9.17) is 26.2 Å². The van der Waals surface area contributed by atoms with Gasteiger partial charge in [0.2, 0.25) is 0 Å². The van der Waals surface area contributed by atoms with Crippen molar-refractivity contribution in [3.63, 3.8) is 0 Å². The van der Waals surface area contributed by atoms with Gasteiger partial charge in [-0.15, -0.1) is 11.3 Å². The number of ether oxygens (including phenoxy) is 2. The number of thiophene rings is 1. The van der Waals surface area contributed by atoms with Gasteiger partial charge in [0.25, 0.3) is 0 Å². The van der Waals surface area contributed by atoms with E-state index >= 15 is 0 Å². The fourth-order valence-electron chi connectivity index (χ4n) is 5.90. The fourth-order valence-corrected chi connectivity index (χ4v) is 7.36. The van der Waals surface area contributed by atoms with Crippen LogP contribution in [0.25, 0.3) is 20.7 Å². The highest BCUT2D eigenvalue weighted by atomic mass is 35.5. The zero-order chi connectivity index (χ0) is 29.3. The Labute approximate surface area is 260 Å². The zero-order valence-electron chi connectivity index (χ0n) is 24.3. The molecule has 0 atom stereocenters. The highest BCUT2D eigenvalue weighted by Crippen LogP contribution is 2.45. The van der Waals surface area contributed by atoms with Gasteiger partial charge in [-0.1, -0.05) is 23.7 Å². The molecule has 1 N–H and O–H groups in total. The van der Waals surface area contributed by atoms with E-state index in [9.17, 15) is 0 Å². The van der Waals surface area contributed by atoms with Crippen molar-refractivity contribution in [1.29, 1.82) is 0 Å². The lowest BCUT2D eigenvalue weighted by Gasteiger charge is -2.32. The van der Waals surface area contributed by atoms with Gasteiger partial charge in [-0.2, -0.15) is 5.10 Å². The van der Waals surface area contributed by atoms with E-state index in [2.05, 4.69) is 36.8 Å². The van der Waals surface area contributed by atoms with Gasteiger partial charge in [-0.25, -0.2) is 9.97 Å². The standard InChI is InChI=1S/C32H34ClN7O2S/c1-38-10-12-39(13-11-38)14-15-40-27-8-7-24-29-31(34-20-35-32(29)43-30(24)25(27)18-36-40)37-22-6-9-28(26(33)17-22)42-19-21-4-3-5-23(16-21)41-2/h3-6,9,16-18,20H,7-8,10-15,19H2,1-2H3,(H,34,35,37). The summed E-state index contributed by atoms with van der Waals surface area (Å²) in [6.45, 7) is 6.87. The molecule has 9 nitrogen and oxygen atoms in total. The van der Waals surface area contributed by atoms with Crippen LogP contribution in [0.1, 0.15) is 16.8 Å². The zero-order valence-corrected chi connectivity index (χ0v) is 25.9. The molecular weight excluding hydrogens is 582 g/mol. The average Bonchev–Trinajstić information content (AvgIpc) is 3.62. The fraction of sp³-hybridized carbons (Fsp3) is 0.344. The second-order valence-corrected chi connectivity index (χ2v) is 12.5. The predicted octanol–water partition coefficient (Wildman–Crippen LogP) is 5.89. The molecule has 3 aromatic heterocycles. The number of likely N-dealkylation sites (N-methyl/N-ethyl adjacent to an activating group) is 1. The number of rotatable bonds is 9. The van der Waals surface area contributed by atoms with E-state index in [-0.39, 0.29) is 0 Å². The van der Waals surface area contributed by atoms with Crippen molar-refractivity contribution in [3.05, 3.63) is 76.8 Å². The number of halogens is 1. The molecule has 11 heteroatoms. The summed E-state index contributed by atoms with van der Waals surface area (Å²) in [6, 6.07) is 13.5. The number of fused-ring (bicyclic) bond motifs is 5. The number of methoxy groups -OCH3 is 1. The summed E-state index contributed by atoms with van der Waals surface area (Å²) in [7, 11) is 3.85. The maximum Gasteiger partial charge on any atom is 0.142 e. The van der Waals surface area contributed by atoms with Crippen LogP contribution < -0.4 is 14.8 Å². The number of hydrogen-bond acceptors (Lipinski definition) is 9. The Morgan fingerprint density at radius 1 is 1.02 bits per heavy atom. The highest BCUT2D eigenvalue weighted by Gasteiger charge is 2.27. The van der Waals surface area contributed by atoms with E-state index in [1.165, 1.54) is 21.7 Å². The molecule has 5 aromatic rings. The van der Waals surface area contributed by atoms with Crippen LogP contribution in [0.4, 0.5) is 11.5 Å². The molecule has 0 saturated carbocycles. The lowest BCUT2D eigenvalue weighted by molar-refractivity contribution is 0.148. The molecule has 7 rings (SSSR count). The number of hydrogen-bond donors (Lipinski definition) is 1. The Morgan fingerprint density at radius 2 is 1.91 bits per heavy atom. The lowest BCUT2D eigenvalue weighted by Crippen LogP contribution is -2.45. The number of aryl methyl sites for hydroxylation is 1. The number of anilines is 2. The molecule has 222 valence electrons. The molecule has 1 aliphatic heterocycles. The van der Waals surface area contributed by atoms with Crippen molar-refractivity contribution in [2.24, 2.45) is 0 Å². The van der Waals surface area contributed by atoms with E-state index in [0.29, 0.717) is 17.4 Å². The van der Waals surface area contributed by atoms with Gasteiger partial charge < -0.3 is 19.7 Å². The largest absolute Gasteiger partial charge is 0.497 e. The lowest BCUT2D eigenvalue weighted by atomic mass is 9.95. The van der Waals surface area contributed by atoms with E-state index in [1.54, 1.807) is 24.8 Å². The second-order valence-electron chi connectivity index (χ2n) is 11.1. The van der Waals surface area contributed by atoms with Crippen molar-refractivity contribution < 1.29 is 9.47 Å². The van der Waals surface area contributed by atoms with Crippen LogP contribution >= 0.6 is 22.9 Å². The van der Waals surface area contributed by atoms with Gasteiger partial charge in [-0.05, 0) is 61.3 Å². The SMILES string of the molecule is COc1cccc(COc2ccc(Nc3ncnc4sc5c(c34)CCc3c-5cnn3CCN3CCN(C)CC3)cc2Cl)c1. The van der Waals surface area contributed by atoms with Crippen molar-refractivity contribution in [3.8, 4) is 21.9 Å². The summed E-state index contributed by atoms with van der Waals surface area (Å²) in [5, 5.41) is 9.92. The van der Waals surface area contributed by atoms with Crippen LogP contribution in [0.2, 0.25) is 5.02 Å². The summed E-state index contributed by atoms with van der Waals surface area (Å²) in [4.78, 5) is 16.5. The molecule has 1 saturated heterocycles. The molecule has 1 aliphatic carbocycles. The van der Waals surface area contributed by atoms with Crippen LogP contribution in [0.5, 0.6) is 11.5 Å². The highest BCUT2D eigenvalue weighted by molar-refractivity contribution is 7.22. The molecule has 4 heterocycles. The molecule has 2 aliphatic rings. The van der Waals surface area contributed by atoms with Gasteiger partial charge in [0.15, 0.2) is 0 Å². The van der Waals surface area contributed by atoms with Crippen LogP contribution in [0.15, 0.2) is 55.0 Å². The Kier molecular flexibility index (Phi) is 7.92. The molecule has 1 fully saturated rings. The first-order valence-electron chi connectivity index (χ1n) is 14.6. The summed E-state index contributed by atoms with van der Waals surface area (Å²) >= 11 is 8.36. The first kappa shape index (κ1) is 28.1. The smallest absolute Gasteiger partial charge is 0.142 e. The number of aromatic nitrogens is 4. The molecule has 2 aromatic carbocycles. The molecule has 43 heavy (non-hydrogen) atoms. The predicted molar refractivity (Wildman–Crippen MR) is 172 cm³/mol. The third-order valence-electron chi connectivity index (χ3n) is 8.34. The molecule has 0 radical (unpaired) electrons. The molecule has 0 unspecified atom stereocenters. The van der Waals surface area contributed by atoms with Crippen LogP contribution in [-0.4, -0.2) is 76.4 Å². The van der Waals surface area contributed by atoms with Gasteiger partial charge in [0.05, 0.1) is 30.3 Å². The third kappa shape index (κ3) is 5.80. The van der Waals surface area contributed by atoms with Gasteiger partial charge in [-0.3, -0.25) is 9.58 Å². The summed E-state index contributed by atoms with van der Waals surface area (Å²) in [5.74, 6) is 2.20. The summed E-state index contributed by atoms with van der Waals surface area (Å²) < 4.78 is 13.5. The monoisotopic (exact) mass is 615 g/mol. The van der Waals surface area contributed by atoms with Gasteiger partial charge in [0, 0.05) is 54.5 Å². The van der Waals surface area contributed by atoms with Crippen LogP contribution in [0, 0.1) is 0 Å². The van der Waals surface area contributed by atoms with Crippen molar-refractivity contribution in [1.82, 2.24) is 29.5 Å². The van der Waals surface area contributed by atoms with Gasteiger partial charge >= 0.3 is 0 Å². The van der Waals surface area contributed by atoms with Crippen molar-refractivity contribution >= 4 is 44.7 Å². The number of nitrogens with zero attached hydrogens (tertiary/aromatic N) is 6. The van der Waals surface area contributed by atoms with Crippen LogP contribution in [0.3, 0.4) is 0 Å².